The fraction of sp³-hybridized carbons (Fsp3) is 0.143. The van der Waals surface area contributed by atoms with E-state index in [4.69, 9.17) is 15.9 Å². The van der Waals surface area contributed by atoms with Gasteiger partial charge in [0, 0.05) is 6.20 Å². The molecule has 2 aromatic rings. The van der Waals surface area contributed by atoms with Crippen molar-refractivity contribution in [3.05, 3.63) is 53.9 Å². The van der Waals surface area contributed by atoms with Crippen molar-refractivity contribution >= 4 is 5.84 Å². The molecule has 4 heteroatoms. The predicted octanol–water partition coefficient (Wildman–Crippen LogP) is 2.72. The third kappa shape index (κ3) is 2.66. The van der Waals surface area contributed by atoms with Gasteiger partial charge in [-0.25, -0.2) is 4.98 Å². The number of amidine groups is 1. The highest BCUT2D eigenvalue weighted by Crippen LogP contribution is 2.23. The lowest BCUT2D eigenvalue weighted by molar-refractivity contribution is 0.478. The molecule has 0 aliphatic carbocycles. The van der Waals surface area contributed by atoms with Crippen molar-refractivity contribution in [1.29, 1.82) is 5.41 Å². The zero-order valence-electron chi connectivity index (χ0n) is 10.2. The minimum Gasteiger partial charge on any atom is -0.455 e. The first-order valence-corrected chi connectivity index (χ1v) is 5.77. The van der Waals surface area contributed by atoms with Crippen LogP contribution in [0.15, 0.2) is 42.6 Å². The zero-order chi connectivity index (χ0) is 13.0. The van der Waals surface area contributed by atoms with E-state index in [1.54, 1.807) is 18.3 Å². The standard InChI is InChI=1S/C14H15N3O/c1-2-10-5-7-11(8-6-10)18-12-4-3-9-17-13(12)14(15)16/h3-9H,2H2,1H3,(H3,15,16). The summed E-state index contributed by atoms with van der Waals surface area (Å²) in [6.07, 6.45) is 2.58. The van der Waals surface area contributed by atoms with Gasteiger partial charge in [0.1, 0.15) is 17.3 Å². The van der Waals surface area contributed by atoms with Crippen molar-refractivity contribution in [3.8, 4) is 11.5 Å². The highest BCUT2D eigenvalue weighted by atomic mass is 16.5. The van der Waals surface area contributed by atoms with Gasteiger partial charge in [0.05, 0.1) is 0 Å². The molecular formula is C14H15N3O. The number of pyridine rings is 1. The molecule has 0 unspecified atom stereocenters. The highest BCUT2D eigenvalue weighted by Gasteiger charge is 2.08. The van der Waals surface area contributed by atoms with Crippen LogP contribution in [0.3, 0.4) is 0 Å². The normalized spacial score (nSPS) is 10.1. The lowest BCUT2D eigenvalue weighted by Gasteiger charge is -2.09. The highest BCUT2D eigenvalue weighted by molar-refractivity contribution is 5.95. The smallest absolute Gasteiger partial charge is 0.156 e. The Morgan fingerprint density at radius 3 is 2.61 bits per heavy atom. The Kier molecular flexibility index (Phi) is 3.57. The Labute approximate surface area is 106 Å². The van der Waals surface area contributed by atoms with Crippen molar-refractivity contribution < 1.29 is 4.74 Å². The van der Waals surface area contributed by atoms with Crippen LogP contribution in [0.25, 0.3) is 0 Å². The summed E-state index contributed by atoms with van der Waals surface area (Å²) in [7, 11) is 0. The lowest BCUT2D eigenvalue weighted by Crippen LogP contribution is -2.14. The lowest BCUT2D eigenvalue weighted by atomic mass is 10.2. The summed E-state index contributed by atoms with van der Waals surface area (Å²) in [4.78, 5) is 4.03. The summed E-state index contributed by atoms with van der Waals surface area (Å²) in [5, 5.41) is 7.44. The molecule has 1 heterocycles. The van der Waals surface area contributed by atoms with E-state index in [0.717, 1.165) is 6.42 Å². The molecule has 0 spiro atoms. The molecule has 0 bridgehead atoms. The summed E-state index contributed by atoms with van der Waals surface area (Å²) in [6, 6.07) is 11.3. The number of nitrogen functional groups attached to an aromatic ring is 1. The SMILES string of the molecule is CCc1ccc(Oc2cccnc2C(=N)N)cc1. The molecule has 0 fully saturated rings. The largest absolute Gasteiger partial charge is 0.455 e. The van der Waals surface area contributed by atoms with Crippen LogP contribution in [-0.4, -0.2) is 10.8 Å². The first-order chi connectivity index (χ1) is 8.70. The van der Waals surface area contributed by atoms with E-state index in [0.29, 0.717) is 17.2 Å². The van der Waals surface area contributed by atoms with Gasteiger partial charge >= 0.3 is 0 Å². The molecule has 0 radical (unpaired) electrons. The van der Waals surface area contributed by atoms with E-state index in [-0.39, 0.29) is 5.84 Å². The fourth-order valence-electron chi connectivity index (χ4n) is 1.60. The molecule has 1 aromatic heterocycles. The van der Waals surface area contributed by atoms with Gasteiger partial charge in [0.2, 0.25) is 0 Å². The Hall–Kier alpha value is -2.36. The molecule has 2 rings (SSSR count). The molecule has 0 aliphatic heterocycles. The third-order valence-electron chi connectivity index (χ3n) is 2.59. The Balaban J connectivity index is 2.25. The number of hydrogen-bond acceptors (Lipinski definition) is 3. The summed E-state index contributed by atoms with van der Waals surface area (Å²) in [5.41, 5.74) is 7.06. The number of ether oxygens (including phenoxy) is 1. The molecule has 92 valence electrons. The van der Waals surface area contributed by atoms with Crippen molar-refractivity contribution in [3.63, 3.8) is 0 Å². The molecule has 0 amide bonds. The molecule has 0 saturated carbocycles. The minimum atomic E-state index is -0.101. The van der Waals surface area contributed by atoms with Gasteiger partial charge in [-0.1, -0.05) is 19.1 Å². The monoisotopic (exact) mass is 241 g/mol. The summed E-state index contributed by atoms with van der Waals surface area (Å²) >= 11 is 0. The van der Waals surface area contributed by atoms with Crippen LogP contribution in [0.1, 0.15) is 18.2 Å². The number of aryl methyl sites for hydroxylation is 1. The summed E-state index contributed by atoms with van der Waals surface area (Å²) in [5.74, 6) is 1.10. The van der Waals surface area contributed by atoms with Crippen LogP contribution in [0.2, 0.25) is 0 Å². The molecule has 18 heavy (non-hydrogen) atoms. The van der Waals surface area contributed by atoms with E-state index < -0.39 is 0 Å². The first-order valence-electron chi connectivity index (χ1n) is 5.77. The fourth-order valence-corrected chi connectivity index (χ4v) is 1.60. The van der Waals surface area contributed by atoms with Crippen LogP contribution in [0.5, 0.6) is 11.5 Å². The van der Waals surface area contributed by atoms with Crippen LogP contribution in [0, 0.1) is 5.41 Å². The zero-order valence-corrected chi connectivity index (χ0v) is 10.2. The van der Waals surface area contributed by atoms with Gasteiger partial charge in [-0.2, -0.15) is 0 Å². The van der Waals surface area contributed by atoms with E-state index in [1.165, 1.54) is 5.56 Å². The third-order valence-corrected chi connectivity index (χ3v) is 2.59. The van der Waals surface area contributed by atoms with Gasteiger partial charge in [-0.3, -0.25) is 5.41 Å². The number of nitrogens with zero attached hydrogens (tertiary/aromatic N) is 1. The van der Waals surface area contributed by atoms with Gasteiger partial charge < -0.3 is 10.5 Å². The second kappa shape index (κ2) is 5.31. The van der Waals surface area contributed by atoms with Crippen molar-refractivity contribution in [2.45, 2.75) is 13.3 Å². The number of rotatable bonds is 4. The van der Waals surface area contributed by atoms with E-state index in [2.05, 4.69) is 11.9 Å². The van der Waals surface area contributed by atoms with Gasteiger partial charge in [0.25, 0.3) is 0 Å². The number of aromatic nitrogens is 1. The maximum absolute atomic E-state index is 7.44. The Morgan fingerprint density at radius 2 is 2.00 bits per heavy atom. The minimum absolute atomic E-state index is 0.101. The molecule has 4 nitrogen and oxygen atoms in total. The Bertz CT molecular complexity index is 549. The summed E-state index contributed by atoms with van der Waals surface area (Å²) in [6.45, 7) is 2.10. The van der Waals surface area contributed by atoms with Gasteiger partial charge in [-0.05, 0) is 36.2 Å². The van der Waals surface area contributed by atoms with Crippen molar-refractivity contribution in [1.82, 2.24) is 4.98 Å². The molecule has 0 atom stereocenters. The van der Waals surface area contributed by atoms with Crippen LogP contribution >= 0.6 is 0 Å². The van der Waals surface area contributed by atoms with Crippen molar-refractivity contribution in [2.24, 2.45) is 5.73 Å². The molecular weight excluding hydrogens is 226 g/mol. The molecule has 3 N–H and O–H groups in total. The molecule has 0 saturated heterocycles. The summed E-state index contributed by atoms with van der Waals surface area (Å²) < 4.78 is 5.69. The number of nitrogens with one attached hydrogen (secondary N) is 1. The number of benzene rings is 1. The van der Waals surface area contributed by atoms with E-state index in [9.17, 15) is 0 Å². The predicted molar refractivity (Wildman–Crippen MR) is 71.1 cm³/mol. The van der Waals surface area contributed by atoms with Gasteiger partial charge in [0.15, 0.2) is 5.75 Å². The number of hydrogen-bond donors (Lipinski definition) is 2. The van der Waals surface area contributed by atoms with Gasteiger partial charge in [-0.15, -0.1) is 0 Å². The van der Waals surface area contributed by atoms with Crippen molar-refractivity contribution in [2.75, 3.05) is 0 Å². The quantitative estimate of drug-likeness (QED) is 0.638. The van der Waals surface area contributed by atoms with E-state index >= 15 is 0 Å². The topological polar surface area (TPSA) is 72.0 Å². The second-order valence-corrected chi connectivity index (χ2v) is 3.86. The Morgan fingerprint density at radius 1 is 1.28 bits per heavy atom. The van der Waals surface area contributed by atoms with E-state index in [1.807, 2.05) is 24.3 Å². The average Bonchev–Trinajstić information content (AvgIpc) is 2.40. The maximum Gasteiger partial charge on any atom is 0.156 e. The molecule has 1 aromatic carbocycles. The van der Waals surface area contributed by atoms with Crippen LogP contribution in [-0.2, 0) is 6.42 Å². The molecule has 0 aliphatic rings. The number of nitrogens with two attached hydrogens (primary N) is 1. The first kappa shape index (κ1) is 12.1. The van der Waals surface area contributed by atoms with Crippen LogP contribution < -0.4 is 10.5 Å². The maximum atomic E-state index is 7.44. The second-order valence-electron chi connectivity index (χ2n) is 3.86. The van der Waals surface area contributed by atoms with Crippen LogP contribution in [0.4, 0.5) is 0 Å². The average molecular weight is 241 g/mol.